The molecule has 3 heterocycles. The Hall–Kier alpha value is -5.19. The van der Waals surface area contributed by atoms with Crippen molar-refractivity contribution >= 4 is 11.6 Å². The SMILES string of the molecule is O=C(Nc1cc(Oc2ccccn2)cnc1-c1ccccc1)c1cc(-c2ncccn2)c(C(F)(F)F)cc1F. The zero-order valence-electron chi connectivity index (χ0n) is 19.9. The average molecular weight is 531 g/mol. The Balaban J connectivity index is 1.56. The Morgan fingerprint density at radius 2 is 1.54 bits per heavy atom. The van der Waals surface area contributed by atoms with Gasteiger partial charge in [0.25, 0.3) is 5.91 Å². The molecule has 0 fully saturated rings. The van der Waals surface area contributed by atoms with Gasteiger partial charge in [0.15, 0.2) is 5.82 Å². The Kier molecular flexibility index (Phi) is 6.96. The predicted octanol–water partition coefficient (Wildman–Crippen LogP) is 6.80. The second kappa shape index (κ2) is 10.7. The first kappa shape index (κ1) is 25.5. The Morgan fingerprint density at radius 3 is 2.23 bits per heavy atom. The van der Waals surface area contributed by atoms with Crippen LogP contribution in [-0.4, -0.2) is 25.8 Å². The molecule has 1 amide bonds. The van der Waals surface area contributed by atoms with Gasteiger partial charge in [-0.1, -0.05) is 36.4 Å². The van der Waals surface area contributed by atoms with E-state index in [9.17, 15) is 22.4 Å². The Morgan fingerprint density at radius 1 is 0.821 bits per heavy atom. The van der Waals surface area contributed by atoms with Gasteiger partial charge in [0, 0.05) is 41.9 Å². The highest BCUT2D eigenvalue weighted by molar-refractivity contribution is 6.07. The van der Waals surface area contributed by atoms with E-state index in [4.69, 9.17) is 4.74 Å². The number of carbonyl (C=O) groups is 1. The predicted molar refractivity (Wildman–Crippen MR) is 134 cm³/mol. The van der Waals surface area contributed by atoms with Crippen LogP contribution in [0.5, 0.6) is 11.6 Å². The van der Waals surface area contributed by atoms with E-state index in [0.717, 1.165) is 6.07 Å². The molecule has 0 atom stereocenters. The van der Waals surface area contributed by atoms with Crippen LogP contribution in [0.1, 0.15) is 15.9 Å². The van der Waals surface area contributed by atoms with Crippen molar-refractivity contribution in [2.75, 3.05) is 5.32 Å². The number of nitrogens with one attached hydrogen (secondary N) is 1. The summed E-state index contributed by atoms with van der Waals surface area (Å²) in [5, 5.41) is 2.57. The second-order valence-corrected chi connectivity index (χ2v) is 8.11. The number of halogens is 4. The maximum absolute atomic E-state index is 15.0. The first-order valence-electron chi connectivity index (χ1n) is 11.4. The minimum atomic E-state index is -4.91. The van der Waals surface area contributed by atoms with Gasteiger partial charge >= 0.3 is 6.18 Å². The summed E-state index contributed by atoms with van der Waals surface area (Å²) in [5.74, 6) is -2.20. The zero-order chi connectivity index (χ0) is 27.4. The molecule has 3 aromatic heterocycles. The number of anilines is 1. The average Bonchev–Trinajstić information content (AvgIpc) is 2.94. The molecule has 2 aromatic carbocycles. The van der Waals surface area contributed by atoms with Gasteiger partial charge in [-0.3, -0.25) is 9.78 Å². The Bertz CT molecular complexity index is 1620. The van der Waals surface area contributed by atoms with E-state index in [-0.39, 0.29) is 29.2 Å². The smallest absolute Gasteiger partial charge is 0.417 e. The van der Waals surface area contributed by atoms with E-state index in [1.807, 2.05) is 0 Å². The summed E-state index contributed by atoms with van der Waals surface area (Å²) < 4.78 is 61.8. The summed E-state index contributed by atoms with van der Waals surface area (Å²) in [6.07, 6.45) is 0.542. The lowest BCUT2D eigenvalue weighted by Gasteiger charge is -2.16. The third-order valence-corrected chi connectivity index (χ3v) is 5.48. The van der Waals surface area contributed by atoms with Gasteiger partial charge in [-0.05, 0) is 24.3 Å². The minimum Gasteiger partial charge on any atom is -0.437 e. The van der Waals surface area contributed by atoms with Crippen LogP contribution in [0.15, 0.2) is 97.6 Å². The van der Waals surface area contributed by atoms with Crippen LogP contribution in [0.4, 0.5) is 23.2 Å². The number of alkyl halides is 3. The molecule has 5 rings (SSSR count). The highest BCUT2D eigenvalue weighted by atomic mass is 19.4. The van der Waals surface area contributed by atoms with E-state index in [1.54, 1.807) is 48.5 Å². The summed E-state index contributed by atoms with van der Waals surface area (Å²) in [5.41, 5.74) is -1.39. The highest BCUT2D eigenvalue weighted by Crippen LogP contribution is 2.38. The lowest BCUT2D eigenvalue weighted by Crippen LogP contribution is -2.17. The van der Waals surface area contributed by atoms with E-state index in [1.165, 1.54) is 36.9 Å². The van der Waals surface area contributed by atoms with Gasteiger partial charge in [-0.25, -0.2) is 19.3 Å². The lowest BCUT2D eigenvalue weighted by molar-refractivity contribution is -0.137. The van der Waals surface area contributed by atoms with Crippen molar-refractivity contribution in [1.82, 2.24) is 19.9 Å². The molecule has 0 unspecified atom stereocenters. The number of rotatable bonds is 6. The number of hydrogen-bond donors (Lipinski definition) is 1. The summed E-state index contributed by atoms with van der Waals surface area (Å²) in [4.78, 5) is 29.4. The van der Waals surface area contributed by atoms with Crippen molar-refractivity contribution in [2.24, 2.45) is 0 Å². The summed E-state index contributed by atoms with van der Waals surface area (Å²) >= 11 is 0. The molecule has 1 N–H and O–H groups in total. The number of hydrogen-bond acceptors (Lipinski definition) is 6. The lowest BCUT2D eigenvalue weighted by atomic mass is 10.0. The van der Waals surface area contributed by atoms with Gasteiger partial charge in [0.05, 0.1) is 28.7 Å². The molecule has 0 aliphatic rings. The third kappa shape index (κ3) is 5.72. The Labute approximate surface area is 219 Å². The molecule has 0 bridgehead atoms. The molecule has 0 saturated heterocycles. The van der Waals surface area contributed by atoms with Crippen LogP contribution in [0.3, 0.4) is 0 Å². The fraction of sp³-hybridized carbons (Fsp3) is 0.0357. The van der Waals surface area contributed by atoms with Gasteiger partial charge in [0.2, 0.25) is 5.88 Å². The van der Waals surface area contributed by atoms with E-state index in [2.05, 4.69) is 25.3 Å². The van der Waals surface area contributed by atoms with Crippen LogP contribution in [0.2, 0.25) is 0 Å². The fourth-order valence-electron chi connectivity index (χ4n) is 3.75. The van der Waals surface area contributed by atoms with Crippen LogP contribution < -0.4 is 10.1 Å². The van der Waals surface area contributed by atoms with Crippen molar-refractivity contribution in [2.45, 2.75) is 6.18 Å². The van der Waals surface area contributed by atoms with E-state index in [0.29, 0.717) is 11.3 Å². The standard InChI is InChI=1S/C28H17F4N5O2/c29-22-15-21(28(30,31)32)19(26-34-11-6-12-35-26)14-20(22)27(38)37-23-13-18(39-24-9-4-5-10-33-24)16-36-25(23)17-7-2-1-3-8-17/h1-16H,(H,37,38). The van der Waals surface area contributed by atoms with Crippen LogP contribution in [0, 0.1) is 5.82 Å². The number of ether oxygens (including phenoxy) is 1. The molecule has 194 valence electrons. The molecule has 5 aromatic rings. The molecule has 0 spiro atoms. The maximum atomic E-state index is 15.0. The second-order valence-electron chi connectivity index (χ2n) is 8.11. The molecule has 0 radical (unpaired) electrons. The third-order valence-electron chi connectivity index (χ3n) is 5.48. The maximum Gasteiger partial charge on any atom is 0.417 e. The van der Waals surface area contributed by atoms with Crippen molar-refractivity contribution in [1.29, 1.82) is 0 Å². The molecular weight excluding hydrogens is 514 g/mol. The molecule has 11 heteroatoms. The minimum absolute atomic E-state index is 0.136. The number of aromatic nitrogens is 4. The first-order chi connectivity index (χ1) is 18.8. The van der Waals surface area contributed by atoms with Crippen LogP contribution in [-0.2, 0) is 6.18 Å². The fourth-order valence-corrected chi connectivity index (χ4v) is 3.75. The normalized spacial score (nSPS) is 11.2. The number of pyridine rings is 2. The van der Waals surface area contributed by atoms with E-state index >= 15 is 0 Å². The highest BCUT2D eigenvalue weighted by Gasteiger charge is 2.36. The van der Waals surface area contributed by atoms with Crippen molar-refractivity contribution in [3.8, 4) is 34.3 Å². The molecular formula is C28H17F4N5O2. The molecule has 0 saturated carbocycles. The van der Waals surface area contributed by atoms with Crippen LogP contribution >= 0.6 is 0 Å². The molecule has 0 aliphatic carbocycles. The summed E-state index contributed by atoms with van der Waals surface area (Å²) in [6.45, 7) is 0. The molecule has 39 heavy (non-hydrogen) atoms. The first-order valence-corrected chi connectivity index (χ1v) is 11.4. The quantitative estimate of drug-likeness (QED) is 0.242. The van der Waals surface area contributed by atoms with Crippen molar-refractivity contribution < 1.29 is 27.1 Å². The van der Waals surface area contributed by atoms with Gasteiger partial charge in [0.1, 0.15) is 11.6 Å². The van der Waals surface area contributed by atoms with E-state index < -0.39 is 34.6 Å². The van der Waals surface area contributed by atoms with Gasteiger partial charge in [-0.15, -0.1) is 0 Å². The van der Waals surface area contributed by atoms with Crippen molar-refractivity contribution in [3.05, 3.63) is 115 Å². The van der Waals surface area contributed by atoms with Crippen molar-refractivity contribution in [3.63, 3.8) is 0 Å². The number of benzene rings is 2. The van der Waals surface area contributed by atoms with Crippen LogP contribution in [0.25, 0.3) is 22.6 Å². The van der Waals surface area contributed by atoms with Gasteiger partial charge in [-0.2, -0.15) is 13.2 Å². The topological polar surface area (TPSA) is 89.9 Å². The zero-order valence-corrected chi connectivity index (χ0v) is 19.9. The summed E-state index contributed by atoms with van der Waals surface area (Å²) in [7, 11) is 0. The number of amides is 1. The number of nitrogens with zero attached hydrogens (tertiary/aromatic N) is 4. The largest absolute Gasteiger partial charge is 0.437 e. The molecule has 0 aliphatic heterocycles. The number of carbonyl (C=O) groups excluding carboxylic acids is 1. The van der Waals surface area contributed by atoms with Gasteiger partial charge < -0.3 is 10.1 Å². The monoisotopic (exact) mass is 531 g/mol. The molecule has 7 nitrogen and oxygen atoms in total. The summed E-state index contributed by atoms with van der Waals surface area (Å²) in [6, 6.07) is 17.8.